The minimum atomic E-state index is -0.000676. The predicted octanol–water partition coefficient (Wildman–Crippen LogP) is 9.06. The van der Waals surface area contributed by atoms with Crippen molar-refractivity contribution in [1.82, 2.24) is 9.97 Å². The lowest BCUT2D eigenvalue weighted by atomic mass is 10.1. The monoisotopic (exact) mass is 528 g/mol. The van der Waals surface area contributed by atoms with Crippen LogP contribution in [0.1, 0.15) is 0 Å². The molecule has 4 aromatic carbocycles. The van der Waals surface area contributed by atoms with Crippen molar-refractivity contribution in [2.24, 2.45) is 0 Å². The van der Waals surface area contributed by atoms with Gasteiger partial charge in [0.1, 0.15) is 0 Å². The number of aromatic nitrogens is 2. The Balaban J connectivity index is 0.000000148. The number of hydrogen-bond acceptors (Lipinski definition) is 2. The molecular weight excluding hydrogens is 511 g/mol. The summed E-state index contributed by atoms with van der Waals surface area (Å²) in [5.74, 6) is 0. The SMILES string of the molecule is Clc1ccc2c(Cl)cc(-c3ccccc3)nc2c1.O=c1cc(-c2ccccc2)[nH]c2cc(Cl)ccc12. The smallest absolute Gasteiger partial charge is 0.190 e. The number of hydrogen-bond donors (Lipinski definition) is 1. The average molecular weight is 530 g/mol. The molecule has 0 aliphatic carbocycles. The van der Waals surface area contributed by atoms with Crippen molar-refractivity contribution in [1.29, 1.82) is 0 Å². The van der Waals surface area contributed by atoms with E-state index in [4.69, 9.17) is 34.8 Å². The normalized spacial score (nSPS) is 10.8. The first-order chi connectivity index (χ1) is 17.5. The Kier molecular flexibility index (Phi) is 7.06. The Labute approximate surface area is 222 Å². The zero-order valence-corrected chi connectivity index (χ0v) is 21.1. The molecule has 2 heterocycles. The third kappa shape index (κ3) is 5.29. The van der Waals surface area contributed by atoms with Gasteiger partial charge in [-0.3, -0.25) is 4.79 Å². The van der Waals surface area contributed by atoms with E-state index in [-0.39, 0.29) is 5.43 Å². The van der Waals surface area contributed by atoms with Gasteiger partial charge in [-0.1, -0.05) is 95.5 Å². The van der Waals surface area contributed by atoms with E-state index < -0.39 is 0 Å². The lowest BCUT2D eigenvalue weighted by Gasteiger charge is -2.05. The van der Waals surface area contributed by atoms with E-state index in [1.54, 1.807) is 24.3 Å². The van der Waals surface area contributed by atoms with Crippen LogP contribution in [0.3, 0.4) is 0 Å². The molecule has 2 aromatic heterocycles. The highest BCUT2D eigenvalue weighted by Crippen LogP contribution is 2.29. The first kappa shape index (κ1) is 24.1. The molecule has 0 aliphatic rings. The van der Waals surface area contributed by atoms with Crippen LogP contribution in [-0.2, 0) is 0 Å². The number of fused-ring (bicyclic) bond motifs is 2. The Morgan fingerprint density at radius 3 is 1.92 bits per heavy atom. The van der Waals surface area contributed by atoms with Gasteiger partial charge in [-0.05, 0) is 48.0 Å². The summed E-state index contributed by atoms with van der Waals surface area (Å²) in [5, 5.41) is 3.54. The molecule has 0 unspecified atom stereocenters. The molecular formula is C30H19Cl3N2O. The van der Waals surface area contributed by atoms with Crippen LogP contribution in [0, 0.1) is 0 Å². The van der Waals surface area contributed by atoms with Gasteiger partial charge in [0.25, 0.3) is 0 Å². The molecule has 0 spiro atoms. The summed E-state index contributed by atoms with van der Waals surface area (Å²) in [6.07, 6.45) is 0. The molecule has 0 fully saturated rings. The second-order valence-electron chi connectivity index (χ2n) is 8.12. The van der Waals surface area contributed by atoms with Crippen molar-refractivity contribution < 1.29 is 0 Å². The maximum Gasteiger partial charge on any atom is 0.190 e. The van der Waals surface area contributed by atoms with Crippen LogP contribution in [0.25, 0.3) is 44.3 Å². The van der Waals surface area contributed by atoms with Gasteiger partial charge in [0.15, 0.2) is 5.43 Å². The number of H-pyrrole nitrogens is 1. The fraction of sp³-hybridized carbons (Fsp3) is 0. The molecule has 0 bridgehead atoms. The summed E-state index contributed by atoms with van der Waals surface area (Å²) in [6, 6.07) is 34.0. The second kappa shape index (κ2) is 10.5. The average Bonchev–Trinajstić information content (AvgIpc) is 2.89. The van der Waals surface area contributed by atoms with Crippen molar-refractivity contribution in [2.75, 3.05) is 0 Å². The van der Waals surface area contributed by atoms with Gasteiger partial charge in [-0.2, -0.15) is 0 Å². The van der Waals surface area contributed by atoms with Crippen molar-refractivity contribution >= 4 is 56.6 Å². The summed E-state index contributed by atoms with van der Waals surface area (Å²) in [5.41, 5.74) is 5.26. The highest BCUT2D eigenvalue weighted by Gasteiger charge is 2.07. The predicted molar refractivity (Wildman–Crippen MR) is 152 cm³/mol. The fourth-order valence-corrected chi connectivity index (χ4v) is 4.52. The second-order valence-corrected chi connectivity index (χ2v) is 9.40. The molecule has 6 heteroatoms. The van der Waals surface area contributed by atoms with Crippen LogP contribution in [-0.4, -0.2) is 9.97 Å². The quantitative estimate of drug-likeness (QED) is 0.243. The number of nitrogens with zero attached hydrogens (tertiary/aromatic N) is 1. The summed E-state index contributed by atoms with van der Waals surface area (Å²) >= 11 is 18.2. The molecule has 1 N–H and O–H groups in total. The van der Waals surface area contributed by atoms with E-state index in [2.05, 4.69) is 9.97 Å². The zero-order valence-electron chi connectivity index (χ0n) is 18.9. The maximum absolute atomic E-state index is 12.0. The number of rotatable bonds is 2. The zero-order chi connectivity index (χ0) is 25.1. The van der Waals surface area contributed by atoms with E-state index in [1.807, 2.05) is 84.9 Å². The number of benzene rings is 4. The van der Waals surface area contributed by atoms with E-state index in [9.17, 15) is 4.79 Å². The lowest BCUT2D eigenvalue weighted by Crippen LogP contribution is -2.02. The number of pyridine rings is 2. The van der Waals surface area contributed by atoms with Crippen LogP contribution in [0.15, 0.2) is 114 Å². The topological polar surface area (TPSA) is 45.8 Å². The first-order valence-corrected chi connectivity index (χ1v) is 12.3. The van der Waals surface area contributed by atoms with Crippen molar-refractivity contribution in [3.05, 3.63) is 134 Å². The van der Waals surface area contributed by atoms with Crippen LogP contribution < -0.4 is 5.43 Å². The largest absolute Gasteiger partial charge is 0.354 e. The third-order valence-electron chi connectivity index (χ3n) is 5.67. The summed E-state index contributed by atoms with van der Waals surface area (Å²) in [4.78, 5) is 19.9. The Morgan fingerprint density at radius 1 is 0.611 bits per heavy atom. The van der Waals surface area contributed by atoms with Crippen molar-refractivity contribution in [3.8, 4) is 22.5 Å². The summed E-state index contributed by atoms with van der Waals surface area (Å²) < 4.78 is 0. The minimum Gasteiger partial charge on any atom is -0.354 e. The molecule has 6 aromatic rings. The molecule has 0 radical (unpaired) electrons. The van der Waals surface area contributed by atoms with E-state index in [0.717, 1.165) is 38.9 Å². The summed E-state index contributed by atoms with van der Waals surface area (Å²) in [7, 11) is 0. The highest BCUT2D eigenvalue weighted by atomic mass is 35.5. The molecule has 0 amide bonds. The summed E-state index contributed by atoms with van der Waals surface area (Å²) in [6.45, 7) is 0. The fourth-order valence-electron chi connectivity index (χ4n) is 3.91. The Morgan fingerprint density at radius 2 is 1.22 bits per heavy atom. The van der Waals surface area contributed by atoms with Gasteiger partial charge in [0.2, 0.25) is 0 Å². The van der Waals surface area contributed by atoms with E-state index in [0.29, 0.717) is 20.5 Å². The Bertz CT molecular complexity index is 1730. The van der Waals surface area contributed by atoms with Gasteiger partial charge in [0, 0.05) is 38.1 Å². The van der Waals surface area contributed by atoms with E-state index >= 15 is 0 Å². The molecule has 0 saturated heterocycles. The number of nitrogens with one attached hydrogen (secondary N) is 1. The standard InChI is InChI=1S/C15H9Cl2N.C15H10ClNO/c16-11-6-7-12-13(17)9-14(18-15(12)8-11)10-4-2-1-3-5-10;16-11-6-7-12-14(8-11)17-13(9-15(12)18)10-4-2-1-3-5-10/h1-9H;1-9H,(H,17,18). The van der Waals surface area contributed by atoms with Crippen molar-refractivity contribution in [3.63, 3.8) is 0 Å². The number of aromatic amines is 1. The van der Waals surface area contributed by atoms with E-state index in [1.165, 1.54) is 0 Å². The van der Waals surface area contributed by atoms with Crippen molar-refractivity contribution in [2.45, 2.75) is 0 Å². The molecule has 176 valence electrons. The minimum absolute atomic E-state index is 0.000676. The van der Waals surface area contributed by atoms with Crippen LogP contribution in [0.2, 0.25) is 15.1 Å². The van der Waals surface area contributed by atoms with Crippen LogP contribution >= 0.6 is 34.8 Å². The van der Waals surface area contributed by atoms with Gasteiger partial charge in [-0.15, -0.1) is 0 Å². The van der Waals surface area contributed by atoms with Gasteiger partial charge in [-0.25, -0.2) is 4.98 Å². The van der Waals surface area contributed by atoms with Gasteiger partial charge < -0.3 is 4.98 Å². The molecule has 0 atom stereocenters. The number of halogens is 3. The van der Waals surface area contributed by atoms with Crippen LogP contribution in [0.4, 0.5) is 0 Å². The molecule has 3 nitrogen and oxygen atoms in total. The molecule has 36 heavy (non-hydrogen) atoms. The van der Waals surface area contributed by atoms with Gasteiger partial charge in [0.05, 0.1) is 21.7 Å². The molecule has 0 saturated carbocycles. The van der Waals surface area contributed by atoms with Gasteiger partial charge >= 0.3 is 0 Å². The third-order valence-corrected chi connectivity index (χ3v) is 6.45. The highest BCUT2D eigenvalue weighted by molar-refractivity contribution is 6.36. The lowest BCUT2D eigenvalue weighted by molar-refractivity contribution is 1.38. The van der Waals surface area contributed by atoms with Crippen LogP contribution in [0.5, 0.6) is 0 Å². The molecule has 0 aliphatic heterocycles. The first-order valence-electron chi connectivity index (χ1n) is 11.2. The molecule has 6 rings (SSSR count). The maximum atomic E-state index is 12.0. The Hall–Kier alpha value is -3.63.